The number of aryl methyl sites for hydroxylation is 1. The highest BCUT2D eigenvalue weighted by molar-refractivity contribution is 7.71. The number of pyridine rings is 1. The molecule has 4 heteroatoms. The van der Waals surface area contributed by atoms with Crippen molar-refractivity contribution in [2.45, 2.75) is 6.92 Å². The molecule has 4 rings (SSSR count). The van der Waals surface area contributed by atoms with Crippen LogP contribution in [0.4, 0.5) is 0 Å². The third kappa shape index (κ3) is 1.96. The van der Waals surface area contributed by atoms with Gasteiger partial charge in [0.15, 0.2) is 10.4 Å². The first-order valence-electron chi connectivity index (χ1n) is 6.80. The molecule has 0 saturated heterocycles. The highest BCUT2D eigenvalue weighted by Gasteiger charge is 2.08. The van der Waals surface area contributed by atoms with Gasteiger partial charge in [-0.1, -0.05) is 30.3 Å². The summed E-state index contributed by atoms with van der Waals surface area (Å²) in [5, 5.41) is 2.41. The monoisotopic (exact) mass is 291 g/mol. The lowest BCUT2D eigenvalue weighted by atomic mass is 10.1. The van der Waals surface area contributed by atoms with E-state index in [1.807, 2.05) is 35.8 Å². The number of fused-ring (bicyclic) bond motifs is 2. The van der Waals surface area contributed by atoms with Crippen LogP contribution in [0.15, 0.2) is 54.6 Å². The Bertz CT molecular complexity index is 1030. The van der Waals surface area contributed by atoms with Crippen molar-refractivity contribution >= 4 is 34.2 Å². The second-order valence-electron chi connectivity index (χ2n) is 5.12. The minimum atomic E-state index is 0.665. The van der Waals surface area contributed by atoms with Gasteiger partial charge in [0.1, 0.15) is 0 Å². The molecule has 2 aromatic heterocycles. The van der Waals surface area contributed by atoms with Crippen LogP contribution in [0.1, 0.15) is 5.69 Å². The van der Waals surface area contributed by atoms with Gasteiger partial charge in [0, 0.05) is 5.69 Å². The number of hydrogen-bond acceptors (Lipinski definition) is 2. The van der Waals surface area contributed by atoms with Crippen LogP contribution in [0.3, 0.4) is 0 Å². The molecule has 0 amide bonds. The van der Waals surface area contributed by atoms with Crippen molar-refractivity contribution in [3.8, 4) is 5.69 Å². The maximum absolute atomic E-state index is 5.47. The highest BCUT2D eigenvalue weighted by Crippen LogP contribution is 2.22. The average molecular weight is 291 g/mol. The Morgan fingerprint density at radius 1 is 1.00 bits per heavy atom. The second kappa shape index (κ2) is 4.53. The van der Waals surface area contributed by atoms with Gasteiger partial charge < -0.3 is 4.98 Å². The molecule has 1 N–H and O–H groups in total. The van der Waals surface area contributed by atoms with E-state index in [9.17, 15) is 0 Å². The molecule has 0 bridgehead atoms. The number of nitrogens with one attached hydrogen (secondary N) is 1. The van der Waals surface area contributed by atoms with Gasteiger partial charge >= 0.3 is 0 Å². The Labute approximate surface area is 126 Å². The minimum absolute atomic E-state index is 0.665. The Balaban J connectivity index is 2.05. The van der Waals surface area contributed by atoms with Crippen LogP contribution < -0.4 is 0 Å². The Morgan fingerprint density at radius 3 is 2.67 bits per heavy atom. The van der Waals surface area contributed by atoms with E-state index in [1.165, 1.54) is 10.8 Å². The molecule has 102 valence electrons. The lowest BCUT2D eigenvalue weighted by Gasteiger charge is -2.06. The first-order valence-corrected chi connectivity index (χ1v) is 7.21. The fourth-order valence-corrected chi connectivity index (χ4v) is 2.94. The Hall–Kier alpha value is -2.46. The van der Waals surface area contributed by atoms with Gasteiger partial charge in [-0.2, -0.15) is 0 Å². The largest absolute Gasteiger partial charge is 0.329 e. The molecule has 21 heavy (non-hydrogen) atoms. The first kappa shape index (κ1) is 12.3. The van der Waals surface area contributed by atoms with Gasteiger partial charge in [0.05, 0.1) is 11.2 Å². The molecule has 0 aliphatic carbocycles. The molecule has 0 fully saturated rings. The summed E-state index contributed by atoms with van der Waals surface area (Å²) in [6, 6.07) is 18.6. The SMILES string of the molecule is Cc1ccc2[nH]c(=S)n(-c3ccc4ccccc4c3)c2n1. The van der Waals surface area contributed by atoms with E-state index >= 15 is 0 Å². The molecule has 0 saturated carbocycles. The fourth-order valence-electron chi connectivity index (χ4n) is 2.63. The van der Waals surface area contributed by atoms with Crippen molar-refractivity contribution in [2.24, 2.45) is 0 Å². The van der Waals surface area contributed by atoms with Crippen LogP contribution in [0.2, 0.25) is 0 Å². The summed E-state index contributed by atoms with van der Waals surface area (Å²) in [7, 11) is 0. The number of aromatic nitrogens is 3. The third-order valence-corrected chi connectivity index (χ3v) is 3.95. The van der Waals surface area contributed by atoms with E-state index in [4.69, 9.17) is 12.2 Å². The van der Waals surface area contributed by atoms with Gasteiger partial charge in [-0.05, 0) is 54.2 Å². The normalized spacial score (nSPS) is 11.3. The molecule has 0 aliphatic heterocycles. The summed E-state index contributed by atoms with van der Waals surface area (Å²) in [4.78, 5) is 7.83. The highest BCUT2D eigenvalue weighted by atomic mass is 32.1. The minimum Gasteiger partial charge on any atom is -0.329 e. The Kier molecular flexibility index (Phi) is 2.65. The molecule has 0 unspecified atom stereocenters. The van der Waals surface area contributed by atoms with Gasteiger partial charge in [-0.3, -0.25) is 4.57 Å². The van der Waals surface area contributed by atoms with Crippen LogP contribution in [0, 0.1) is 11.7 Å². The summed E-state index contributed by atoms with van der Waals surface area (Å²) in [6.45, 7) is 1.99. The summed E-state index contributed by atoms with van der Waals surface area (Å²) >= 11 is 5.47. The topological polar surface area (TPSA) is 33.6 Å². The molecule has 0 atom stereocenters. The maximum atomic E-state index is 5.47. The predicted octanol–water partition coefficient (Wildman–Crippen LogP) is 4.54. The lowest BCUT2D eigenvalue weighted by molar-refractivity contribution is 1.04. The molecular formula is C17H13N3S. The van der Waals surface area contributed by atoms with Gasteiger partial charge in [0.25, 0.3) is 0 Å². The van der Waals surface area contributed by atoms with Crippen molar-refractivity contribution in [3.05, 3.63) is 65.1 Å². The van der Waals surface area contributed by atoms with Gasteiger partial charge in [-0.15, -0.1) is 0 Å². The second-order valence-corrected chi connectivity index (χ2v) is 5.51. The number of aromatic amines is 1. The molecule has 0 aliphatic rings. The number of nitrogens with zero attached hydrogens (tertiary/aromatic N) is 2. The maximum Gasteiger partial charge on any atom is 0.183 e. The van der Waals surface area contributed by atoms with E-state index in [2.05, 4.69) is 40.3 Å². The number of imidazole rings is 1. The fraction of sp³-hybridized carbons (Fsp3) is 0.0588. The molecular weight excluding hydrogens is 278 g/mol. The summed E-state index contributed by atoms with van der Waals surface area (Å²) in [5.74, 6) is 0. The van der Waals surface area contributed by atoms with E-state index in [0.717, 1.165) is 22.5 Å². The van der Waals surface area contributed by atoms with Gasteiger partial charge in [0.2, 0.25) is 0 Å². The van der Waals surface area contributed by atoms with Crippen molar-refractivity contribution in [2.75, 3.05) is 0 Å². The van der Waals surface area contributed by atoms with Crippen LogP contribution >= 0.6 is 12.2 Å². The number of benzene rings is 2. The molecule has 4 aromatic rings. The summed E-state index contributed by atoms with van der Waals surface area (Å²) < 4.78 is 2.66. The van der Waals surface area contributed by atoms with Crippen LogP contribution in [0.25, 0.3) is 27.6 Å². The molecule has 0 radical (unpaired) electrons. The predicted molar refractivity (Wildman–Crippen MR) is 88.5 cm³/mol. The molecule has 2 aromatic carbocycles. The average Bonchev–Trinajstić information content (AvgIpc) is 2.82. The van der Waals surface area contributed by atoms with Crippen molar-refractivity contribution in [1.29, 1.82) is 0 Å². The molecule has 0 spiro atoms. The standard InChI is InChI=1S/C17H13N3S/c1-11-6-9-15-16(18-11)20(17(21)19-15)14-8-7-12-4-2-3-5-13(12)10-14/h2-10H,1H3,(H,19,21). The van der Waals surface area contributed by atoms with Crippen molar-refractivity contribution in [3.63, 3.8) is 0 Å². The van der Waals surface area contributed by atoms with E-state index in [-0.39, 0.29) is 0 Å². The van der Waals surface area contributed by atoms with E-state index in [1.54, 1.807) is 0 Å². The third-order valence-electron chi connectivity index (χ3n) is 3.66. The smallest absolute Gasteiger partial charge is 0.183 e. The lowest BCUT2D eigenvalue weighted by Crippen LogP contribution is -1.96. The number of H-pyrrole nitrogens is 1. The number of rotatable bonds is 1. The van der Waals surface area contributed by atoms with Gasteiger partial charge in [-0.25, -0.2) is 4.98 Å². The zero-order chi connectivity index (χ0) is 14.4. The van der Waals surface area contributed by atoms with Crippen LogP contribution in [0.5, 0.6) is 0 Å². The zero-order valence-corrected chi connectivity index (χ0v) is 12.3. The zero-order valence-electron chi connectivity index (χ0n) is 11.5. The number of hydrogen-bond donors (Lipinski definition) is 1. The summed E-state index contributed by atoms with van der Waals surface area (Å²) in [5.41, 5.74) is 3.84. The van der Waals surface area contributed by atoms with E-state index in [0.29, 0.717) is 4.77 Å². The quantitative estimate of drug-likeness (QED) is 0.522. The Morgan fingerprint density at radius 2 is 1.81 bits per heavy atom. The summed E-state index contributed by atoms with van der Waals surface area (Å²) in [6.07, 6.45) is 0. The molecule has 2 heterocycles. The first-order chi connectivity index (χ1) is 10.2. The molecule has 3 nitrogen and oxygen atoms in total. The van der Waals surface area contributed by atoms with Crippen LogP contribution in [-0.4, -0.2) is 14.5 Å². The van der Waals surface area contributed by atoms with Crippen LogP contribution in [-0.2, 0) is 0 Å². The van der Waals surface area contributed by atoms with Crippen molar-refractivity contribution in [1.82, 2.24) is 14.5 Å². The van der Waals surface area contributed by atoms with Crippen molar-refractivity contribution < 1.29 is 0 Å². The van der Waals surface area contributed by atoms with E-state index < -0.39 is 0 Å².